The highest BCUT2D eigenvalue weighted by molar-refractivity contribution is 5.87. The van der Waals surface area contributed by atoms with Crippen molar-refractivity contribution in [2.75, 3.05) is 26.1 Å². The molecule has 0 aliphatic heterocycles. The van der Waals surface area contributed by atoms with Crippen molar-refractivity contribution < 1.29 is 14.3 Å². The third-order valence-electron chi connectivity index (χ3n) is 3.55. The van der Waals surface area contributed by atoms with Crippen LogP contribution < -0.4 is 20.2 Å². The number of ether oxygens (including phenoxy) is 2. The van der Waals surface area contributed by atoms with Crippen LogP contribution in [0.1, 0.15) is 12.5 Å². The van der Waals surface area contributed by atoms with Crippen LogP contribution >= 0.6 is 0 Å². The van der Waals surface area contributed by atoms with E-state index in [-0.39, 0.29) is 12.5 Å². The predicted octanol–water partition coefficient (Wildman–Crippen LogP) is 2.85. The fourth-order valence-corrected chi connectivity index (χ4v) is 2.25. The molecule has 25 heavy (non-hydrogen) atoms. The Labute approximate surface area is 147 Å². The number of rotatable bonds is 8. The first kappa shape index (κ1) is 18.3. The van der Waals surface area contributed by atoms with Crippen molar-refractivity contribution in [3.05, 3.63) is 54.1 Å². The Hall–Kier alpha value is -3.02. The minimum atomic E-state index is -0.213. The number of amides is 1. The van der Waals surface area contributed by atoms with Crippen LogP contribution in [-0.2, 0) is 11.2 Å². The first-order valence-electron chi connectivity index (χ1n) is 7.94. The van der Waals surface area contributed by atoms with Crippen LogP contribution in [0.5, 0.6) is 11.5 Å². The van der Waals surface area contributed by atoms with Gasteiger partial charge in [-0.05, 0) is 42.8 Å². The number of nitrogens with one attached hydrogen (secondary N) is 2. The maximum atomic E-state index is 11.9. The van der Waals surface area contributed by atoms with E-state index in [2.05, 4.69) is 15.8 Å². The number of anilines is 1. The molecule has 0 unspecified atom stereocenters. The Balaban J connectivity index is 1.82. The second kappa shape index (κ2) is 9.32. The van der Waals surface area contributed by atoms with Crippen LogP contribution in [0, 0.1) is 0 Å². The molecule has 2 aromatic rings. The molecule has 132 valence electrons. The molecule has 0 bridgehead atoms. The van der Waals surface area contributed by atoms with Gasteiger partial charge in [0.05, 0.1) is 20.8 Å². The monoisotopic (exact) mass is 341 g/mol. The Morgan fingerprint density at radius 2 is 1.76 bits per heavy atom. The fourth-order valence-electron chi connectivity index (χ4n) is 2.25. The SMILES string of the molecule is COc1ccc(NCC(=O)N/N=C(/C)Cc2ccccc2OC)cc1. The van der Waals surface area contributed by atoms with Gasteiger partial charge < -0.3 is 14.8 Å². The van der Waals surface area contributed by atoms with Crippen LogP contribution in [0.2, 0.25) is 0 Å². The molecular formula is C19H23N3O3. The normalized spacial score (nSPS) is 10.9. The molecule has 0 atom stereocenters. The van der Waals surface area contributed by atoms with Crippen molar-refractivity contribution in [3.63, 3.8) is 0 Å². The van der Waals surface area contributed by atoms with Gasteiger partial charge in [0, 0.05) is 17.8 Å². The van der Waals surface area contributed by atoms with E-state index in [1.54, 1.807) is 14.2 Å². The van der Waals surface area contributed by atoms with Crippen molar-refractivity contribution in [1.29, 1.82) is 0 Å². The quantitative estimate of drug-likeness (QED) is 0.572. The van der Waals surface area contributed by atoms with E-state index in [1.807, 2.05) is 55.5 Å². The molecular weight excluding hydrogens is 318 g/mol. The fraction of sp³-hybridized carbons (Fsp3) is 0.263. The van der Waals surface area contributed by atoms with E-state index in [9.17, 15) is 4.79 Å². The maximum absolute atomic E-state index is 11.9. The summed E-state index contributed by atoms with van der Waals surface area (Å²) in [5.41, 5.74) is 5.21. The van der Waals surface area contributed by atoms with Crippen LogP contribution in [0.25, 0.3) is 0 Å². The smallest absolute Gasteiger partial charge is 0.259 e. The predicted molar refractivity (Wildman–Crippen MR) is 99.4 cm³/mol. The van der Waals surface area contributed by atoms with E-state index >= 15 is 0 Å². The molecule has 0 aliphatic carbocycles. The lowest BCUT2D eigenvalue weighted by Crippen LogP contribution is -2.26. The second-order valence-corrected chi connectivity index (χ2v) is 5.45. The van der Waals surface area contributed by atoms with Gasteiger partial charge in [-0.15, -0.1) is 0 Å². The molecule has 2 N–H and O–H groups in total. The van der Waals surface area contributed by atoms with Gasteiger partial charge in [-0.1, -0.05) is 18.2 Å². The molecule has 6 nitrogen and oxygen atoms in total. The van der Waals surface area contributed by atoms with E-state index in [0.29, 0.717) is 6.42 Å². The lowest BCUT2D eigenvalue weighted by Gasteiger charge is -2.09. The second-order valence-electron chi connectivity index (χ2n) is 5.45. The summed E-state index contributed by atoms with van der Waals surface area (Å²) >= 11 is 0. The lowest BCUT2D eigenvalue weighted by molar-refractivity contribution is -0.119. The number of hydrogen-bond donors (Lipinski definition) is 2. The van der Waals surface area contributed by atoms with E-state index < -0.39 is 0 Å². The van der Waals surface area contributed by atoms with Gasteiger partial charge in [0.2, 0.25) is 0 Å². The van der Waals surface area contributed by atoms with E-state index in [4.69, 9.17) is 9.47 Å². The van der Waals surface area contributed by atoms with Gasteiger partial charge in [0.1, 0.15) is 11.5 Å². The minimum absolute atomic E-state index is 0.137. The van der Waals surface area contributed by atoms with Crippen molar-refractivity contribution in [3.8, 4) is 11.5 Å². The number of carbonyl (C=O) groups excluding carboxylic acids is 1. The average Bonchev–Trinajstić information content (AvgIpc) is 2.65. The van der Waals surface area contributed by atoms with Gasteiger partial charge >= 0.3 is 0 Å². The Bertz CT molecular complexity index is 727. The van der Waals surface area contributed by atoms with Crippen molar-refractivity contribution in [2.45, 2.75) is 13.3 Å². The zero-order chi connectivity index (χ0) is 18.1. The number of nitrogens with zero attached hydrogens (tertiary/aromatic N) is 1. The summed E-state index contributed by atoms with van der Waals surface area (Å²) < 4.78 is 10.4. The Morgan fingerprint density at radius 1 is 1.04 bits per heavy atom. The van der Waals surface area contributed by atoms with Gasteiger partial charge in [-0.25, -0.2) is 5.43 Å². The summed E-state index contributed by atoms with van der Waals surface area (Å²) in [6.45, 7) is 2.00. The Kier molecular flexibility index (Phi) is 6.83. The summed E-state index contributed by atoms with van der Waals surface area (Å²) in [7, 11) is 3.25. The molecule has 0 saturated carbocycles. The lowest BCUT2D eigenvalue weighted by atomic mass is 10.1. The van der Waals surface area contributed by atoms with E-state index in [0.717, 1.165) is 28.5 Å². The average molecular weight is 341 g/mol. The molecule has 0 spiro atoms. The zero-order valence-corrected chi connectivity index (χ0v) is 14.7. The van der Waals surface area contributed by atoms with Crippen molar-refractivity contribution >= 4 is 17.3 Å². The molecule has 0 aromatic heterocycles. The number of carbonyl (C=O) groups is 1. The molecule has 0 fully saturated rings. The number of para-hydroxylation sites is 1. The summed E-state index contributed by atoms with van der Waals surface area (Å²) in [4.78, 5) is 11.9. The Morgan fingerprint density at radius 3 is 2.44 bits per heavy atom. The van der Waals surface area contributed by atoms with E-state index in [1.165, 1.54) is 0 Å². The van der Waals surface area contributed by atoms with Gasteiger partial charge in [0.25, 0.3) is 5.91 Å². The first-order chi connectivity index (χ1) is 12.1. The topological polar surface area (TPSA) is 72.0 Å². The molecule has 6 heteroatoms. The van der Waals surface area contributed by atoms with Gasteiger partial charge in [-0.3, -0.25) is 4.79 Å². The highest BCUT2D eigenvalue weighted by Crippen LogP contribution is 2.18. The summed E-state index contributed by atoms with van der Waals surface area (Å²) in [6.07, 6.45) is 0.607. The van der Waals surface area contributed by atoms with Crippen LogP contribution in [0.3, 0.4) is 0 Å². The summed E-state index contributed by atoms with van der Waals surface area (Å²) in [5, 5.41) is 7.17. The van der Waals surface area contributed by atoms with Crippen LogP contribution in [-0.4, -0.2) is 32.4 Å². The molecule has 0 saturated heterocycles. The first-order valence-corrected chi connectivity index (χ1v) is 7.94. The number of benzene rings is 2. The number of hydrazone groups is 1. The van der Waals surface area contributed by atoms with Gasteiger partial charge in [0.15, 0.2) is 0 Å². The summed E-state index contributed by atoms with van der Waals surface area (Å²) in [5.74, 6) is 1.37. The zero-order valence-electron chi connectivity index (χ0n) is 14.7. The molecule has 0 heterocycles. The largest absolute Gasteiger partial charge is 0.497 e. The number of methoxy groups -OCH3 is 2. The molecule has 2 rings (SSSR count). The van der Waals surface area contributed by atoms with Crippen molar-refractivity contribution in [2.24, 2.45) is 5.10 Å². The standard InChI is InChI=1S/C19H23N3O3/c1-14(12-15-6-4-5-7-18(15)25-3)21-22-19(23)13-20-16-8-10-17(24-2)11-9-16/h4-11,20H,12-13H2,1-3H3,(H,22,23)/b21-14-. The third-order valence-corrected chi connectivity index (χ3v) is 3.55. The maximum Gasteiger partial charge on any atom is 0.259 e. The molecule has 0 aliphatic rings. The molecule has 2 aromatic carbocycles. The highest BCUT2D eigenvalue weighted by Gasteiger charge is 2.05. The van der Waals surface area contributed by atoms with Crippen LogP contribution in [0.15, 0.2) is 53.6 Å². The number of hydrogen-bond acceptors (Lipinski definition) is 5. The minimum Gasteiger partial charge on any atom is -0.497 e. The van der Waals surface area contributed by atoms with Crippen LogP contribution in [0.4, 0.5) is 5.69 Å². The summed E-state index contributed by atoms with van der Waals surface area (Å²) in [6, 6.07) is 15.1. The van der Waals surface area contributed by atoms with Crippen molar-refractivity contribution in [1.82, 2.24) is 5.43 Å². The third kappa shape index (κ3) is 5.84. The van der Waals surface area contributed by atoms with Gasteiger partial charge in [-0.2, -0.15) is 5.10 Å². The highest BCUT2D eigenvalue weighted by atomic mass is 16.5. The molecule has 1 amide bonds. The molecule has 0 radical (unpaired) electrons.